The number of hydrogen-bond acceptors (Lipinski definition) is 5. The van der Waals surface area contributed by atoms with E-state index in [4.69, 9.17) is 0 Å². The lowest BCUT2D eigenvalue weighted by atomic mass is 9.98. The fraction of sp³-hybridized carbons (Fsp3) is 0.611. The number of carbonyl (C=O) groups excluding carboxylic acids is 1. The maximum absolute atomic E-state index is 13.0. The highest BCUT2D eigenvalue weighted by atomic mass is 32.2. The zero-order valence-electron chi connectivity index (χ0n) is 15.2. The van der Waals surface area contributed by atoms with Crippen LogP contribution in [0.1, 0.15) is 38.5 Å². The SMILES string of the molecule is O=C([C@H]1CCCN(S(=O)(=O)c2ccccc2[N+](=O)[O-])C1)N1CCCCCC1. The molecule has 8 nitrogen and oxygen atoms in total. The van der Waals surface area contributed by atoms with Crippen molar-refractivity contribution in [1.82, 2.24) is 9.21 Å². The Balaban J connectivity index is 1.79. The van der Waals surface area contributed by atoms with Crippen LogP contribution in [0.5, 0.6) is 0 Å². The Morgan fingerprint density at radius 3 is 2.37 bits per heavy atom. The number of para-hydroxylation sites is 1. The van der Waals surface area contributed by atoms with Crippen molar-refractivity contribution < 1.29 is 18.1 Å². The van der Waals surface area contributed by atoms with E-state index in [2.05, 4.69) is 0 Å². The Hall–Kier alpha value is -2.00. The van der Waals surface area contributed by atoms with Crippen molar-refractivity contribution in [3.05, 3.63) is 34.4 Å². The minimum Gasteiger partial charge on any atom is -0.342 e. The van der Waals surface area contributed by atoms with Gasteiger partial charge in [0.15, 0.2) is 4.90 Å². The highest BCUT2D eigenvalue weighted by Crippen LogP contribution is 2.30. The standard InChI is InChI=1S/C18H25N3O5S/c22-18(19-11-5-1-2-6-12-19)15-8-7-13-20(14-15)27(25,26)17-10-4-3-9-16(17)21(23)24/h3-4,9-10,15H,1-2,5-8,11-14H2/t15-/m0/s1. The summed E-state index contributed by atoms with van der Waals surface area (Å²) in [4.78, 5) is 25.0. The third-order valence-corrected chi connectivity index (χ3v) is 7.24. The third kappa shape index (κ3) is 4.30. The molecule has 2 fully saturated rings. The minimum atomic E-state index is -4.02. The van der Waals surface area contributed by atoms with E-state index in [9.17, 15) is 23.3 Å². The number of nitrogens with zero attached hydrogens (tertiary/aromatic N) is 3. The fourth-order valence-electron chi connectivity index (χ4n) is 3.88. The van der Waals surface area contributed by atoms with Gasteiger partial charge in [-0.15, -0.1) is 0 Å². The van der Waals surface area contributed by atoms with Crippen LogP contribution in [0.3, 0.4) is 0 Å². The van der Waals surface area contributed by atoms with Crippen molar-refractivity contribution in [2.45, 2.75) is 43.4 Å². The Kier molecular flexibility index (Phi) is 6.11. The van der Waals surface area contributed by atoms with Crippen LogP contribution in [0.2, 0.25) is 0 Å². The van der Waals surface area contributed by atoms with Crippen molar-refractivity contribution in [2.24, 2.45) is 5.92 Å². The largest absolute Gasteiger partial charge is 0.342 e. The second kappa shape index (κ2) is 8.35. The molecular formula is C18H25N3O5S. The molecule has 2 aliphatic rings. The zero-order chi connectivity index (χ0) is 19.4. The van der Waals surface area contributed by atoms with Crippen LogP contribution in [0, 0.1) is 16.0 Å². The van der Waals surface area contributed by atoms with Gasteiger partial charge in [-0.1, -0.05) is 25.0 Å². The monoisotopic (exact) mass is 395 g/mol. The number of sulfonamides is 1. The van der Waals surface area contributed by atoms with Gasteiger partial charge < -0.3 is 4.90 Å². The molecule has 2 aliphatic heterocycles. The zero-order valence-corrected chi connectivity index (χ0v) is 16.1. The summed E-state index contributed by atoms with van der Waals surface area (Å²) in [7, 11) is -4.02. The molecule has 1 aromatic rings. The van der Waals surface area contributed by atoms with Gasteiger partial charge in [-0.3, -0.25) is 14.9 Å². The molecular weight excluding hydrogens is 370 g/mol. The summed E-state index contributed by atoms with van der Waals surface area (Å²) in [6.07, 6.45) is 5.43. The lowest BCUT2D eigenvalue weighted by Crippen LogP contribution is -2.47. The summed E-state index contributed by atoms with van der Waals surface area (Å²) in [6, 6.07) is 5.37. The average molecular weight is 395 g/mol. The molecule has 3 rings (SSSR count). The van der Waals surface area contributed by atoms with Gasteiger partial charge in [0.25, 0.3) is 5.69 Å². The summed E-state index contributed by atoms with van der Waals surface area (Å²) in [5.74, 6) is -0.367. The van der Waals surface area contributed by atoms with E-state index >= 15 is 0 Å². The first-order valence-corrected chi connectivity index (χ1v) is 10.9. The van der Waals surface area contributed by atoms with Crippen molar-refractivity contribution >= 4 is 21.6 Å². The molecule has 0 aliphatic carbocycles. The van der Waals surface area contributed by atoms with Gasteiger partial charge in [-0.05, 0) is 31.7 Å². The van der Waals surface area contributed by atoms with E-state index in [-0.39, 0.29) is 29.8 Å². The minimum absolute atomic E-state index is 0.0133. The predicted octanol–water partition coefficient (Wildman–Crippen LogP) is 2.40. The fourth-order valence-corrected chi connectivity index (χ4v) is 5.56. The molecule has 0 radical (unpaired) electrons. The second-order valence-electron chi connectivity index (χ2n) is 7.17. The molecule has 148 valence electrons. The molecule has 0 saturated carbocycles. The molecule has 0 spiro atoms. The summed E-state index contributed by atoms with van der Waals surface area (Å²) < 4.78 is 27.3. The quantitative estimate of drug-likeness (QED) is 0.575. The molecule has 1 aromatic carbocycles. The van der Waals surface area contributed by atoms with Crippen molar-refractivity contribution in [3.63, 3.8) is 0 Å². The summed E-state index contributed by atoms with van der Waals surface area (Å²) in [5, 5.41) is 11.2. The number of hydrogen-bond donors (Lipinski definition) is 0. The molecule has 27 heavy (non-hydrogen) atoms. The van der Waals surface area contributed by atoms with Gasteiger partial charge in [0.05, 0.1) is 10.8 Å². The van der Waals surface area contributed by atoms with E-state index < -0.39 is 20.6 Å². The molecule has 9 heteroatoms. The Morgan fingerprint density at radius 2 is 1.70 bits per heavy atom. The van der Waals surface area contributed by atoms with Crippen molar-refractivity contribution in [2.75, 3.05) is 26.2 Å². The second-order valence-corrected chi connectivity index (χ2v) is 9.07. The van der Waals surface area contributed by atoms with Crippen LogP contribution in [0.15, 0.2) is 29.2 Å². The first-order valence-electron chi connectivity index (χ1n) is 9.43. The molecule has 0 bridgehead atoms. The van der Waals surface area contributed by atoms with Gasteiger partial charge in [-0.25, -0.2) is 8.42 Å². The van der Waals surface area contributed by atoms with Crippen LogP contribution >= 0.6 is 0 Å². The van der Waals surface area contributed by atoms with Crippen LogP contribution in [-0.2, 0) is 14.8 Å². The first kappa shape index (κ1) is 19.8. The smallest absolute Gasteiger partial charge is 0.289 e. The Labute approximate surface area is 159 Å². The number of nitro groups is 1. The van der Waals surface area contributed by atoms with E-state index in [1.54, 1.807) is 0 Å². The van der Waals surface area contributed by atoms with E-state index in [0.29, 0.717) is 12.8 Å². The lowest BCUT2D eigenvalue weighted by Gasteiger charge is -2.34. The third-order valence-electron chi connectivity index (χ3n) is 5.33. The summed E-state index contributed by atoms with van der Waals surface area (Å²) >= 11 is 0. The van der Waals surface area contributed by atoms with Crippen molar-refractivity contribution in [3.8, 4) is 0 Å². The normalized spacial score (nSPS) is 22.2. The van der Waals surface area contributed by atoms with Gasteiger partial charge in [0, 0.05) is 32.2 Å². The van der Waals surface area contributed by atoms with Gasteiger partial charge in [0.1, 0.15) is 0 Å². The number of benzene rings is 1. The number of piperidine rings is 1. The Morgan fingerprint density at radius 1 is 1.04 bits per heavy atom. The van der Waals surface area contributed by atoms with Crippen LogP contribution in [0.25, 0.3) is 0 Å². The van der Waals surface area contributed by atoms with Crippen LogP contribution in [-0.4, -0.2) is 54.6 Å². The molecule has 2 heterocycles. The average Bonchev–Trinajstić information content (AvgIpc) is 2.97. The number of amides is 1. The van der Waals surface area contributed by atoms with Gasteiger partial charge >= 0.3 is 0 Å². The van der Waals surface area contributed by atoms with E-state index in [0.717, 1.165) is 38.8 Å². The van der Waals surface area contributed by atoms with Gasteiger partial charge in [-0.2, -0.15) is 4.31 Å². The number of carbonyl (C=O) groups is 1. The first-order chi connectivity index (χ1) is 12.9. The topological polar surface area (TPSA) is 101 Å². The number of rotatable bonds is 4. The molecule has 0 aromatic heterocycles. The summed E-state index contributed by atoms with van der Waals surface area (Å²) in [6.45, 7) is 1.82. The van der Waals surface area contributed by atoms with Crippen LogP contribution < -0.4 is 0 Å². The molecule has 0 unspecified atom stereocenters. The van der Waals surface area contributed by atoms with Crippen molar-refractivity contribution in [1.29, 1.82) is 0 Å². The predicted molar refractivity (Wildman–Crippen MR) is 99.6 cm³/mol. The lowest BCUT2D eigenvalue weighted by molar-refractivity contribution is -0.387. The summed E-state index contributed by atoms with van der Waals surface area (Å²) in [5.41, 5.74) is -0.432. The van der Waals surface area contributed by atoms with Gasteiger partial charge in [0.2, 0.25) is 15.9 Å². The maximum atomic E-state index is 13.0. The number of nitro benzene ring substituents is 1. The molecule has 1 atom stereocenters. The molecule has 2 saturated heterocycles. The van der Waals surface area contributed by atoms with Crippen LogP contribution in [0.4, 0.5) is 5.69 Å². The number of likely N-dealkylation sites (tertiary alicyclic amines) is 1. The highest BCUT2D eigenvalue weighted by molar-refractivity contribution is 7.89. The Bertz CT molecular complexity index is 803. The molecule has 0 N–H and O–H groups in total. The van der Waals surface area contributed by atoms with E-state index in [1.807, 2.05) is 4.90 Å². The highest BCUT2D eigenvalue weighted by Gasteiger charge is 2.37. The van der Waals surface area contributed by atoms with E-state index in [1.165, 1.54) is 28.6 Å². The molecule has 1 amide bonds. The maximum Gasteiger partial charge on any atom is 0.289 e.